The van der Waals surface area contributed by atoms with Crippen LogP contribution in [0.15, 0.2) is 39.9 Å². The molecular formula is C18H17F2N3O3S2. The zero-order chi connectivity index (χ0) is 20.3. The number of nitrogens with zero attached hydrogens (tertiary/aromatic N) is 2. The van der Waals surface area contributed by atoms with Gasteiger partial charge in [-0.2, -0.15) is 9.57 Å². The van der Waals surface area contributed by atoms with Gasteiger partial charge in [-0.05, 0) is 30.4 Å². The van der Waals surface area contributed by atoms with Crippen LogP contribution in [0.3, 0.4) is 0 Å². The summed E-state index contributed by atoms with van der Waals surface area (Å²) >= 11 is 1.10. The first-order chi connectivity index (χ1) is 13.3. The number of nitriles is 1. The third-order valence-corrected chi connectivity index (χ3v) is 7.77. The molecule has 1 aromatic heterocycles. The van der Waals surface area contributed by atoms with Crippen LogP contribution in [0.5, 0.6) is 0 Å². The summed E-state index contributed by atoms with van der Waals surface area (Å²) in [5.41, 5.74) is -0.142. The van der Waals surface area contributed by atoms with Gasteiger partial charge >= 0.3 is 0 Å². The van der Waals surface area contributed by atoms with Crippen LogP contribution in [-0.2, 0) is 14.8 Å². The van der Waals surface area contributed by atoms with Crippen LogP contribution >= 0.6 is 11.3 Å². The number of hydrogen-bond acceptors (Lipinski definition) is 5. The first-order valence-corrected chi connectivity index (χ1v) is 10.8. The summed E-state index contributed by atoms with van der Waals surface area (Å²) in [5, 5.41) is 13.4. The number of rotatable bonds is 5. The predicted molar refractivity (Wildman–Crippen MR) is 98.7 cm³/mol. The van der Waals surface area contributed by atoms with E-state index in [2.05, 4.69) is 5.32 Å². The molecule has 2 unspecified atom stereocenters. The van der Waals surface area contributed by atoms with Gasteiger partial charge in [0.05, 0.1) is 12.0 Å². The first-order valence-electron chi connectivity index (χ1n) is 8.51. The standard InChI is InChI=1S/C18H17F2N3O3S2/c19-13-5-6-14(15(20)9-13)16(10-21)22-18(24)12-3-1-7-23(11-12)28(25,26)17-4-2-8-27-17/h2,4-6,8-9,12,16H,1,3,7,11H2,(H,22,24). The predicted octanol–water partition coefficient (Wildman–Crippen LogP) is 2.81. The summed E-state index contributed by atoms with van der Waals surface area (Å²) in [7, 11) is -3.68. The fourth-order valence-corrected chi connectivity index (χ4v) is 5.76. The molecule has 0 radical (unpaired) electrons. The molecule has 0 aliphatic carbocycles. The lowest BCUT2D eigenvalue weighted by atomic mass is 9.97. The Labute approximate surface area is 165 Å². The van der Waals surface area contributed by atoms with Crippen molar-refractivity contribution in [3.63, 3.8) is 0 Å². The lowest BCUT2D eigenvalue weighted by Crippen LogP contribution is -2.45. The molecule has 2 heterocycles. The SMILES string of the molecule is N#CC(NC(=O)C1CCCN(S(=O)(=O)c2cccs2)C1)c1ccc(F)cc1F. The highest BCUT2D eigenvalue weighted by Gasteiger charge is 2.34. The molecule has 6 nitrogen and oxygen atoms in total. The van der Waals surface area contributed by atoms with E-state index in [9.17, 15) is 27.3 Å². The van der Waals surface area contributed by atoms with E-state index < -0.39 is 39.5 Å². The van der Waals surface area contributed by atoms with Gasteiger partial charge in [-0.3, -0.25) is 4.79 Å². The van der Waals surface area contributed by atoms with Crippen LogP contribution in [0.25, 0.3) is 0 Å². The Bertz CT molecular complexity index is 1000. The van der Waals surface area contributed by atoms with E-state index in [0.717, 1.165) is 23.5 Å². The second-order valence-corrected chi connectivity index (χ2v) is 9.48. The molecule has 148 valence electrons. The molecule has 1 saturated heterocycles. The maximum atomic E-state index is 13.9. The normalized spacial score (nSPS) is 19.0. The molecule has 0 bridgehead atoms. The number of halogens is 2. The van der Waals surface area contributed by atoms with E-state index in [1.54, 1.807) is 17.5 Å². The topological polar surface area (TPSA) is 90.3 Å². The Morgan fingerprint density at radius 1 is 1.36 bits per heavy atom. The van der Waals surface area contributed by atoms with E-state index in [4.69, 9.17) is 0 Å². The average molecular weight is 425 g/mol. The number of benzene rings is 1. The van der Waals surface area contributed by atoms with Crippen molar-refractivity contribution in [2.45, 2.75) is 23.1 Å². The van der Waals surface area contributed by atoms with Gasteiger partial charge in [0, 0.05) is 24.7 Å². The molecule has 1 aliphatic rings. The van der Waals surface area contributed by atoms with Crippen LogP contribution in [0.1, 0.15) is 24.4 Å². The van der Waals surface area contributed by atoms with Crippen LogP contribution in [0.2, 0.25) is 0 Å². The lowest BCUT2D eigenvalue weighted by molar-refractivity contribution is -0.126. The third-order valence-electron chi connectivity index (χ3n) is 4.53. The molecule has 3 rings (SSSR count). The Hall–Kier alpha value is -2.35. The van der Waals surface area contributed by atoms with Crippen molar-refractivity contribution in [2.75, 3.05) is 13.1 Å². The minimum atomic E-state index is -3.68. The maximum Gasteiger partial charge on any atom is 0.252 e. The number of amides is 1. The Morgan fingerprint density at radius 2 is 2.14 bits per heavy atom. The number of sulfonamides is 1. The van der Waals surface area contributed by atoms with Gasteiger partial charge in [-0.25, -0.2) is 17.2 Å². The van der Waals surface area contributed by atoms with Crippen molar-refractivity contribution < 1.29 is 22.0 Å². The minimum Gasteiger partial charge on any atom is -0.336 e. The van der Waals surface area contributed by atoms with Crippen molar-refractivity contribution in [3.8, 4) is 6.07 Å². The molecular weight excluding hydrogens is 408 g/mol. The highest BCUT2D eigenvalue weighted by molar-refractivity contribution is 7.91. The molecule has 1 amide bonds. The van der Waals surface area contributed by atoms with Crippen molar-refractivity contribution in [1.82, 2.24) is 9.62 Å². The van der Waals surface area contributed by atoms with Crippen molar-refractivity contribution >= 4 is 27.3 Å². The van der Waals surface area contributed by atoms with Gasteiger partial charge in [0.2, 0.25) is 5.91 Å². The fraction of sp³-hybridized carbons (Fsp3) is 0.333. The molecule has 0 saturated carbocycles. The summed E-state index contributed by atoms with van der Waals surface area (Å²) < 4.78 is 53.8. The smallest absolute Gasteiger partial charge is 0.252 e. The molecule has 10 heteroatoms. The Kier molecular flexibility index (Phi) is 6.07. The van der Waals surface area contributed by atoms with Gasteiger partial charge in [0.15, 0.2) is 0 Å². The van der Waals surface area contributed by atoms with Gasteiger partial charge in [-0.15, -0.1) is 11.3 Å². The van der Waals surface area contributed by atoms with Crippen molar-refractivity contribution in [2.24, 2.45) is 5.92 Å². The maximum absolute atomic E-state index is 13.9. The fourth-order valence-electron chi connectivity index (χ4n) is 3.09. The summed E-state index contributed by atoms with van der Waals surface area (Å²) in [6.07, 6.45) is 0.942. The number of carbonyl (C=O) groups is 1. The Balaban J connectivity index is 1.72. The summed E-state index contributed by atoms with van der Waals surface area (Å²) in [6, 6.07) is 6.39. The van der Waals surface area contributed by atoms with Crippen LogP contribution in [0, 0.1) is 28.9 Å². The van der Waals surface area contributed by atoms with Crippen molar-refractivity contribution in [3.05, 3.63) is 52.9 Å². The van der Waals surface area contributed by atoms with E-state index in [1.165, 1.54) is 10.4 Å². The quantitative estimate of drug-likeness (QED) is 0.798. The minimum absolute atomic E-state index is 0.0177. The Morgan fingerprint density at radius 3 is 2.79 bits per heavy atom. The van der Waals surface area contributed by atoms with E-state index in [0.29, 0.717) is 25.5 Å². The zero-order valence-electron chi connectivity index (χ0n) is 14.6. The van der Waals surface area contributed by atoms with E-state index in [-0.39, 0.29) is 16.3 Å². The second-order valence-electron chi connectivity index (χ2n) is 6.37. The summed E-state index contributed by atoms with van der Waals surface area (Å²) in [4.78, 5) is 12.6. The molecule has 1 aromatic carbocycles. The molecule has 2 aromatic rings. The van der Waals surface area contributed by atoms with Gasteiger partial charge < -0.3 is 5.32 Å². The molecule has 28 heavy (non-hydrogen) atoms. The monoisotopic (exact) mass is 425 g/mol. The molecule has 1 N–H and O–H groups in total. The second kappa shape index (κ2) is 8.34. The van der Waals surface area contributed by atoms with Crippen LogP contribution < -0.4 is 5.32 Å². The highest BCUT2D eigenvalue weighted by atomic mass is 32.2. The number of thiophene rings is 1. The van der Waals surface area contributed by atoms with Crippen LogP contribution in [-0.4, -0.2) is 31.7 Å². The van der Waals surface area contributed by atoms with Crippen LogP contribution in [0.4, 0.5) is 8.78 Å². The lowest BCUT2D eigenvalue weighted by Gasteiger charge is -2.31. The first kappa shape index (κ1) is 20.4. The number of carbonyl (C=O) groups excluding carboxylic acids is 1. The summed E-state index contributed by atoms with van der Waals surface area (Å²) in [6.45, 7) is 0.286. The highest BCUT2D eigenvalue weighted by Crippen LogP contribution is 2.27. The molecule has 1 fully saturated rings. The molecule has 1 aliphatic heterocycles. The zero-order valence-corrected chi connectivity index (χ0v) is 16.3. The number of piperidine rings is 1. The average Bonchev–Trinajstić information content (AvgIpc) is 3.22. The molecule has 2 atom stereocenters. The molecule has 0 spiro atoms. The van der Waals surface area contributed by atoms with Gasteiger partial charge in [0.25, 0.3) is 10.0 Å². The van der Waals surface area contributed by atoms with Crippen molar-refractivity contribution in [1.29, 1.82) is 5.26 Å². The van der Waals surface area contributed by atoms with E-state index >= 15 is 0 Å². The number of hydrogen-bond donors (Lipinski definition) is 1. The number of nitrogens with one attached hydrogen (secondary N) is 1. The summed E-state index contributed by atoms with van der Waals surface area (Å²) in [5.74, 6) is -2.92. The van der Waals surface area contributed by atoms with Gasteiger partial charge in [0.1, 0.15) is 21.9 Å². The van der Waals surface area contributed by atoms with Gasteiger partial charge in [-0.1, -0.05) is 12.1 Å². The third kappa shape index (κ3) is 4.22. The largest absolute Gasteiger partial charge is 0.336 e. The van der Waals surface area contributed by atoms with E-state index in [1.807, 2.05) is 0 Å².